The molecule has 3 aliphatic heterocycles. The summed E-state index contributed by atoms with van der Waals surface area (Å²) in [5, 5.41) is 9.75. The molecular formula is C12H20N2O3. The maximum Gasteiger partial charge on any atom is 0.325 e. The lowest BCUT2D eigenvalue weighted by molar-refractivity contribution is -0.156. The van der Waals surface area contributed by atoms with Crippen LogP contribution in [0, 0.1) is 0 Å². The van der Waals surface area contributed by atoms with Crippen LogP contribution >= 0.6 is 0 Å². The average molecular weight is 240 g/mol. The Hall–Kier alpha value is -0.650. The number of rotatable bonds is 2. The second-order valence-electron chi connectivity index (χ2n) is 5.27. The summed E-state index contributed by atoms with van der Waals surface area (Å²) in [7, 11) is 0. The van der Waals surface area contributed by atoms with Crippen LogP contribution in [0.4, 0.5) is 0 Å². The summed E-state index contributed by atoms with van der Waals surface area (Å²) < 4.78 is 5.35. The fourth-order valence-corrected chi connectivity index (χ4v) is 3.83. The van der Waals surface area contributed by atoms with Gasteiger partial charge in [0.25, 0.3) is 0 Å². The second kappa shape index (κ2) is 4.23. The predicted molar refractivity (Wildman–Crippen MR) is 62.0 cm³/mol. The minimum Gasteiger partial charge on any atom is -0.480 e. The topological polar surface area (TPSA) is 53.0 Å². The zero-order valence-corrected chi connectivity index (χ0v) is 10.1. The van der Waals surface area contributed by atoms with Crippen molar-refractivity contribution in [2.75, 3.05) is 39.4 Å². The molecule has 0 amide bonds. The fraction of sp³-hybridized carbons (Fsp3) is 0.917. The number of carbonyl (C=O) groups is 1. The average Bonchev–Trinajstić information content (AvgIpc) is 2.90. The van der Waals surface area contributed by atoms with Gasteiger partial charge in [0.05, 0.1) is 13.2 Å². The molecule has 3 heterocycles. The summed E-state index contributed by atoms with van der Waals surface area (Å²) in [5.41, 5.74) is -0.639. The van der Waals surface area contributed by atoms with Gasteiger partial charge < -0.3 is 9.84 Å². The molecule has 5 nitrogen and oxygen atoms in total. The molecule has 3 fully saturated rings. The van der Waals surface area contributed by atoms with Gasteiger partial charge in [0.15, 0.2) is 0 Å². The van der Waals surface area contributed by atoms with Crippen LogP contribution in [0.2, 0.25) is 0 Å². The van der Waals surface area contributed by atoms with E-state index < -0.39 is 11.5 Å². The molecular weight excluding hydrogens is 220 g/mol. The van der Waals surface area contributed by atoms with E-state index in [2.05, 4.69) is 9.80 Å². The van der Waals surface area contributed by atoms with E-state index in [-0.39, 0.29) is 6.04 Å². The van der Waals surface area contributed by atoms with E-state index in [4.69, 9.17) is 4.74 Å². The first-order valence-electron chi connectivity index (χ1n) is 6.55. The lowest BCUT2D eigenvalue weighted by atomic mass is 9.86. The molecule has 0 spiro atoms. The fourth-order valence-electron chi connectivity index (χ4n) is 3.83. The summed E-state index contributed by atoms with van der Waals surface area (Å²) in [6.07, 6.45) is 2.95. The van der Waals surface area contributed by atoms with Crippen LogP contribution in [0.5, 0.6) is 0 Å². The molecule has 0 aromatic heterocycles. The molecule has 2 atom stereocenters. The maximum absolute atomic E-state index is 11.9. The van der Waals surface area contributed by atoms with Gasteiger partial charge in [-0.1, -0.05) is 0 Å². The smallest absolute Gasteiger partial charge is 0.325 e. The lowest BCUT2D eigenvalue weighted by Crippen LogP contribution is -2.63. The highest BCUT2D eigenvalue weighted by atomic mass is 16.5. The number of fused-ring (bicyclic) bond motifs is 1. The highest BCUT2D eigenvalue weighted by molar-refractivity contribution is 5.80. The number of nitrogens with zero attached hydrogens (tertiary/aromatic N) is 2. The summed E-state index contributed by atoms with van der Waals surface area (Å²) in [6, 6.07) is 0.220. The Labute approximate surface area is 101 Å². The van der Waals surface area contributed by atoms with Crippen LogP contribution in [-0.2, 0) is 9.53 Å². The normalized spacial score (nSPS) is 39.4. The first kappa shape index (κ1) is 11.4. The molecule has 3 aliphatic rings. The molecule has 2 unspecified atom stereocenters. The van der Waals surface area contributed by atoms with Crippen LogP contribution < -0.4 is 0 Å². The zero-order chi connectivity index (χ0) is 11.9. The Bertz CT molecular complexity index is 317. The molecule has 1 N–H and O–H groups in total. The van der Waals surface area contributed by atoms with Crippen molar-refractivity contribution in [3.8, 4) is 0 Å². The van der Waals surface area contributed by atoms with E-state index in [1.54, 1.807) is 0 Å². The largest absolute Gasteiger partial charge is 0.480 e. The van der Waals surface area contributed by atoms with E-state index in [9.17, 15) is 9.90 Å². The third-order valence-corrected chi connectivity index (χ3v) is 4.64. The van der Waals surface area contributed by atoms with Crippen LogP contribution in [0.3, 0.4) is 0 Å². The molecule has 17 heavy (non-hydrogen) atoms. The van der Waals surface area contributed by atoms with Crippen molar-refractivity contribution >= 4 is 5.97 Å². The van der Waals surface area contributed by atoms with Crippen molar-refractivity contribution in [2.45, 2.75) is 30.8 Å². The Kier molecular flexibility index (Phi) is 2.84. The molecule has 96 valence electrons. The number of aliphatic carboxylic acids is 1. The summed E-state index contributed by atoms with van der Waals surface area (Å²) in [4.78, 5) is 16.4. The molecule has 0 saturated carbocycles. The van der Waals surface area contributed by atoms with Gasteiger partial charge in [0.1, 0.15) is 5.54 Å². The monoisotopic (exact) mass is 240 g/mol. The van der Waals surface area contributed by atoms with Gasteiger partial charge in [0, 0.05) is 25.7 Å². The van der Waals surface area contributed by atoms with Crippen molar-refractivity contribution in [3.05, 3.63) is 0 Å². The van der Waals surface area contributed by atoms with Gasteiger partial charge in [-0.2, -0.15) is 0 Å². The predicted octanol–water partition coefficient (Wildman–Crippen LogP) is 0.0101. The highest BCUT2D eigenvalue weighted by Gasteiger charge is 2.57. The van der Waals surface area contributed by atoms with Crippen LogP contribution in [-0.4, -0.2) is 71.8 Å². The molecule has 0 radical (unpaired) electrons. The number of hydrogen-bond donors (Lipinski definition) is 1. The SMILES string of the molecule is O=C(O)C1(N2CCOCC2)CCN2CCCC21. The Balaban J connectivity index is 1.89. The van der Waals surface area contributed by atoms with Crippen LogP contribution in [0.25, 0.3) is 0 Å². The number of morpholine rings is 1. The first-order chi connectivity index (χ1) is 8.25. The Morgan fingerprint density at radius 1 is 1.24 bits per heavy atom. The number of ether oxygens (including phenoxy) is 1. The van der Waals surface area contributed by atoms with Crippen LogP contribution in [0.1, 0.15) is 19.3 Å². The number of hydrogen-bond acceptors (Lipinski definition) is 4. The standard InChI is InChI=1S/C12H20N2O3/c15-11(16)12(14-6-8-17-9-7-14)3-5-13-4-1-2-10(12)13/h10H,1-9H2,(H,15,16). The van der Waals surface area contributed by atoms with E-state index >= 15 is 0 Å². The Morgan fingerprint density at radius 2 is 2.00 bits per heavy atom. The summed E-state index contributed by atoms with van der Waals surface area (Å²) >= 11 is 0. The van der Waals surface area contributed by atoms with Crippen LogP contribution in [0.15, 0.2) is 0 Å². The highest BCUT2D eigenvalue weighted by Crippen LogP contribution is 2.40. The van der Waals surface area contributed by atoms with E-state index in [0.29, 0.717) is 13.2 Å². The first-order valence-corrected chi connectivity index (χ1v) is 6.55. The summed E-state index contributed by atoms with van der Waals surface area (Å²) in [6.45, 7) is 4.87. The molecule has 0 aliphatic carbocycles. The van der Waals surface area contributed by atoms with Gasteiger partial charge in [-0.05, 0) is 25.8 Å². The maximum atomic E-state index is 11.9. The minimum absolute atomic E-state index is 0.220. The van der Waals surface area contributed by atoms with E-state index in [1.807, 2.05) is 0 Å². The molecule has 0 aromatic carbocycles. The quantitative estimate of drug-likeness (QED) is 0.737. The zero-order valence-electron chi connectivity index (χ0n) is 10.1. The third-order valence-electron chi connectivity index (χ3n) is 4.64. The van der Waals surface area contributed by atoms with Gasteiger partial charge in [0.2, 0.25) is 0 Å². The minimum atomic E-state index is -0.639. The van der Waals surface area contributed by atoms with Gasteiger partial charge in [-0.3, -0.25) is 14.6 Å². The van der Waals surface area contributed by atoms with Crippen molar-refractivity contribution in [1.82, 2.24) is 9.80 Å². The molecule has 0 bridgehead atoms. The molecule has 3 saturated heterocycles. The van der Waals surface area contributed by atoms with Crippen molar-refractivity contribution in [1.29, 1.82) is 0 Å². The van der Waals surface area contributed by atoms with Gasteiger partial charge in [-0.15, -0.1) is 0 Å². The van der Waals surface area contributed by atoms with Crippen molar-refractivity contribution in [2.24, 2.45) is 0 Å². The molecule has 0 aromatic rings. The molecule has 5 heteroatoms. The van der Waals surface area contributed by atoms with Crippen molar-refractivity contribution < 1.29 is 14.6 Å². The third kappa shape index (κ3) is 1.60. The van der Waals surface area contributed by atoms with Gasteiger partial charge in [-0.25, -0.2) is 0 Å². The lowest BCUT2D eigenvalue weighted by Gasteiger charge is -2.43. The number of carboxylic acid groups (broad SMARTS) is 1. The van der Waals surface area contributed by atoms with E-state index in [0.717, 1.165) is 45.4 Å². The Morgan fingerprint density at radius 3 is 2.71 bits per heavy atom. The van der Waals surface area contributed by atoms with Crippen molar-refractivity contribution in [3.63, 3.8) is 0 Å². The second-order valence-corrected chi connectivity index (χ2v) is 5.27. The molecule has 3 rings (SSSR count). The number of carboxylic acids is 1. The summed E-state index contributed by atoms with van der Waals surface area (Å²) in [5.74, 6) is -0.631. The van der Waals surface area contributed by atoms with E-state index in [1.165, 1.54) is 0 Å². The van der Waals surface area contributed by atoms with Gasteiger partial charge >= 0.3 is 5.97 Å².